The van der Waals surface area contributed by atoms with Crippen molar-refractivity contribution in [2.45, 2.75) is 6.92 Å². The fraction of sp³-hybridized carbons (Fsp3) is 0.333. The Labute approximate surface area is 49.6 Å². The molecule has 0 heterocycles. The fourth-order valence-electron chi connectivity index (χ4n) is 0.365. The molecule has 0 aromatic rings. The maximum absolute atomic E-state index is 4.96. The number of hydrogen-bond donors (Lipinski definition) is 1. The lowest BCUT2D eigenvalue weighted by Crippen LogP contribution is -2.39. The predicted octanol–water partition coefficient (Wildman–Crippen LogP) is 0.292. The first kappa shape index (κ1) is 7.24. The molecule has 0 aromatic carbocycles. The lowest BCUT2D eigenvalue weighted by atomic mass is 10.5. The largest absolute Gasteiger partial charge is 0.494 e. The Morgan fingerprint density at radius 3 is 2.88 bits per heavy atom. The van der Waals surface area contributed by atoms with Gasteiger partial charge in [-0.05, 0) is 6.92 Å². The second-order valence-corrected chi connectivity index (χ2v) is 1.30. The van der Waals surface area contributed by atoms with Crippen LogP contribution in [-0.2, 0) is 4.74 Å². The van der Waals surface area contributed by atoms with E-state index in [1.807, 2.05) is 6.92 Å². The molecule has 8 heavy (non-hydrogen) atoms. The minimum absolute atomic E-state index is 0.669. The van der Waals surface area contributed by atoms with Crippen LogP contribution in [0.5, 0.6) is 0 Å². The van der Waals surface area contributed by atoms with Crippen LogP contribution in [0, 0.1) is 0 Å². The zero-order valence-corrected chi connectivity index (χ0v) is 5.18. The van der Waals surface area contributed by atoms with Gasteiger partial charge in [-0.25, -0.2) is 0 Å². The minimum atomic E-state index is 0.669. The molecule has 46 valence electrons. The van der Waals surface area contributed by atoms with Crippen molar-refractivity contribution >= 4 is 0 Å². The molecular weight excluding hydrogens is 102 g/mol. The number of hydrogen-bond acceptors (Lipinski definition) is 1. The van der Waals surface area contributed by atoms with Crippen molar-refractivity contribution in [1.82, 2.24) is 0 Å². The highest BCUT2D eigenvalue weighted by atomic mass is 16.5. The monoisotopic (exact) mass is 114 g/mol. The molecule has 3 N–H and O–H groups in total. The van der Waals surface area contributed by atoms with Crippen LogP contribution in [-0.4, -0.2) is 6.61 Å². The van der Waals surface area contributed by atoms with Crippen LogP contribution >= 0.6 is 0 Å². The molecule has 2 heteroatoms. The molecule has 0 radical (unpaired) electrons. The van der Waals surface area contributed by atoms with Gasteiger partial charge in [0.15, 0.2) is 0 Å². The molecule has 0 aromatic heterocycles. The molecule has 0 atom stereocenters. The van der Waals surface area contributed by atoms with Gasteiger partial charge in [0.05, 0.1) is 12.8 Å². The first-order valence-corrected chi connectivity index (χ1v) is 2.58. The Bertz CT molecular complexity index is 96.7. The van der Waals surface area contributed by atoms with Crippen LogP contribution in [0.25, 0.3) is 0 Å². The highest BCUT2D eigenvalue weighted by molar-refractivity contribution is 5.03. The lowest BCUT2D eigenvalue weighted by Gasteiger charge is -1.97. The third kappa shape index (κ3) is 3.43. The highest BCUT2D eigenvalue weighted by Gasteiger charge is 1.81. The van der Waals surface area contributed by atoms with Gasteiger partial charge in [-0.2, -0.15) is 0 Å². The average Bonchev–Trinajstić information content (AvgIpc) is 1.68. The van der Waals surface area contributed by atoms with Crippen LogP contribution in [0.15, 0.2) is 24.6 Å². The Balaban J connectivity index is 3.33. The van der Waals surface area contributed by atoms with E-state index in [0.29, 0.717) is 12.4 Å². The zero-order valence-electron chi connectivity index (χ0n) is 5.18. The highest BCUT2D eigenvalue weighted by Crippen LogP contribution is 1.91. The van der Waals surface area contributed by atoms with E-state index in [9.17, 15) is 0 Å². The van der Waals surface area contributed by atoms with Crippen LogP contribution in [0.2, 0.25) is 0 Å². The summed E-state index contributed by atoms with van der Waals surface area (Å²) >= 11 is 0. The fourth-order valence-corrected chi connectivity index (χ4v) is 0.365. The van der Waals surface area contributed by atoms with E-state index in [1.54, 1.807) is 12.3 Å². The van der Waals surface area contributed by atoms with Gasteiger partial charge >= 0.3 is 0 Å². The maximum Gasteiger partial charge on any atom is 0.117 e. The molecule has 0 fully saturated rings. The molecule has 0 rings (SSSR count). The molecule has 0 aliphatic carbocycles. The summed E-state index contributed by atoms with van der Waals surface area (Å²) in [7, 11) is 0. The number of rotatable bonds is 3. The Morgan fingerprint density at radius 1 is 1.88 bits per heavy atom. The lowest BCUT2D eigenvalue weighted by molar-refractivity contribution is -0.275. The summed E-state index contributed by atoms with van der Waals surface area (Å²) in [5.41, 5.74) is 3.49. The zero-order chi connectivity index (χ0) is 6.41. The molecule has 0 unspecified atom stereocenters. The van der Waals surface area contributed by atoms with Gasteiger partial charge in [0.25, 0.3) is 0 Å². The molecule has 0 saturated heterocycles. The Kier molecular flexibility index (Phi) is 3.98. The quantitative estimate of drug-likeness (QED) is 0.415. The molecule has 0 aliphatic rings. The van der Waals surface area contributed by atoms with Crippen molar-refractivity contribution in [3.8, 4) is 0 Å². The molecule has 0 spiro atoms. The predicted molar refractivity (Wildman–Crippen MR) is 32.8 cm³/mol. The third-order valence-electron chi connectivity index (χ3n) is 0.633. The minimum Gasteiger partial charge on any atom is -0.494 e. The van der Waals surface area contributed by atoms with E-state index < -0.39 is 0 Å². The number of ether oxygens (including phenoxy) is 1. The summed E-state index contributed by atoms with van der Waals surface area (Å²) in [6, 6.07) is 0. The second-order valence-electron chi connectivity index (χ2n) is 1.30. The van der Waals surface area contributed by atoms with Gasteiger partial charge in [-0.3, -0.25) is 0 Å². The second kappa shape index (κ2) is 4.40. The van der Waals surface area contributed by atoms with Gasteiger partial charge < -0.3 is 10.5 Å². The van der Waals surface area contributed by atoms with Crippen molar-refractivity contribution in [2.24, 2.45) is 0 Å². The normalized spacial score (nSPS) is 9.75. The molecular formula is C6H12NO+. The van der Waals surface area contributed by atoms with Crippen LogP contribution in [0.1, 0.15) is 6.92 Å². The van der Waals surface area contributed by atoms with Crippen molar-refractivity contribution in [1.29, 1.82) is 0 Å². The van der Waals surface area contributed by atoms with Crippen LogP contribution < -0.4 is 5.73 Å². The Hall–Kier alpha value is -0.760. The summed E-state index contributed by atoms with van der Waals surface area (Å²) in [5, 5.41) is 0. The van der Waals surface area contributed by atoms with E-state index in [0.717, 1.165) is 0 Å². The van der Waals surface area contributed by atoms with E-state index in [4.69, 9.17) is 4.74 Å². The summed E-state index contributed by atoms with van der Waals surface area (Å²) in [6.45, 7) is 6.17. The molecule has 0 saturated carbocycles. The van der Waals surface area contributed by atoms with Crippen molar-refractivity contribution in [3.63, 3.8) is 0 Å². The summed E-state index contributed by atoms with van der Waals surface area (Å²) in [4.78, 5) is 0. The van der Waals surface area contributed by atoms with E-state index in [2.05, 4.69) is 12.3 Å². The molecule has 0 amide bonds. The maximum atomic E-state index is 4.96. The molecule has 2 nitrogen and oxygen atoms in total. The first-order chi connectivity index (χ1) is 3.81. The topological polar surface area (TPSA) is 36.9 Å². The van der Waals surface area contributed by atoms with Crippen molar-refractivity contribution < 1.29 is 10.5 Å². The third-order valence-corrected chi connectivity index (χ3v) is 0.633. The van der Waals surface area contributed by atoms with E-state index in [1.165, 1.54) is 0 Å². The van der Waals surface area contributed by atoms with Gasteiger partial charge in [-0.1, -0.05) is 6.58 Å². The van der Waals surface area contributed by atoms with Crippen molar-refractivity contribution in [2.75, 3.05) is 6.61 Å². The molecule has 0 bridgehead atoms. The van der Waals surface area contributed by atoms with E-state index >= 15 is 0 Å². The summed E-state index contributed by atoms with van der Waals surface area (Å²) in [5.74, 6) is 0.669. The van der Waals surface area contributed by atoms with Gasteiger partial charge in [0.1, 0.15) is 5.76 Å². The van der Waals surface area contributed by atoms with Gasteiger partial charge in [0.2, 0.25) is 0 Å². The standard InChI is InChI=1S/C6H11NO/c1-3-8-6(2)4-5-7/h4-5H,2-3,7H2,1H3/p+1. The van der Waals surface area contributed by atoms with E-state index in [-0.39, 0.29) is 0 Å². The Morgan fingerprint density at radius 2 is 2.50 bits per heavy atom. The van der Waals surface area contributed by atoms with Crippen LogP contribution in [0.4, 0.5) is 0 Å². The molecule has 0 aliphatic heterocycles. The first-order valence-electron chi connectivity index (χ1n) is 2.58. The number of quaternary nitrogens is 1. The smallest absolute Gasteiger partial charge is 0.117 e. The summed E-state index contributed by atoms with van der Waals surface area (Å²) < 4.78 is 4.96. The average molecular weight is 114 g/mol. The van der Waals surface area contributed by atoms with Gasteiger partial charge in [-0.15, -0.1) is 0 Å². The van der Waals surface area contributed by atoms with Crippen LogP contribution in [0.3, 0.4) is 0 Å². The van der Waals surface area contributed by atoms with Crippen molar-refractivity contribution in [3.05, 3.63) is 24.6 Å². The number of allylic oxidation sites excluding steroid dienone is 1. The SMILES string of the molecule is C=C(C=C[NH3+])OCC. The van der Waals surface area contributed by atoms with Gasteiger partial charge in [0, 0.05) is 6.08 Å². The summed E-state index contributed by atoms with van der Waals surface area (Å²) in [6.07, 6.45) is 3.38.